The molecule has 0 aliphatic heterocycles. The minimum Gasteiger partial charge on any atom is -0.390 e. The van der Waals surface area contributed by atoms with Gasteiger partial charge in [0.05, 0.1) is 12.2 Å². The van der Waals surface area contributed by atoms with E-state index < -0.39 is 18.4 Å². The molecule has 0 amide bonds. The van der Waals surface area contributed by atoms with Crippen LogP contribution in [-0.2, 0) is 4.79 Å². The van der Waals surface area contributed by atoms with Crippen LogP contribution in [0.1, 0.15) is 99.3 Å². The van der Waals surface area contributed by atoms with Gasteiger partial charge >= 0.3 is 0 Å². The molecule has 0 spiro atoms. The first kappa shape index (κ1) is 25.6. The molecule has 0 saturated heterocycles. The standard InChI is InChI=1S/C29H49FO3/c1-7-19(16(2)3)27(33)26(32)17(4)21-8-9-22-20-15-25(31)24-14-18(30)10-12-29(24,6)23(20)11-13-28(21,22)5/h16-24,26-27,32-33H,7-15H2,1-6H3/t17-,18-,19-,20+,21+,22?,23?,24?,26+,27+,28+,29+/m0/s1. The van der Waals surface area contributed by atoms with Crippen LogP contribution < -0.4 is 0 Å². The van der Waals surface area contributed by atoms with Gasteiger partial charge in [-0.05, 0) is 97.2 Å². The van der Waals surface area contributed by atoms with Crippen molar-refractivity contribution in [1.82, 2.24) is 0 Å². The first-order chi connectivity index (χ1) is 15.5. The Bertz CT molecular complexity index is 724. The van der Waals surface area contributed by atoms with Crippen molar-refractivity contribution in [2.45, 2.75) is 118 Å². The SMILES string of the molecule is CC[C@@H](C(C)C)[C@@H](O)[C@H](O)[C@@H](C)[C@H]1CCC2[C@H]3CC(=O)C4C[C@@H](F)CC[C@]4(C)C3CC[C@@]21C. The molecule has 0 aromatic rings. The molecule has 4 fully saturated rings. The maximum Gasteiger partial charge on any atom is 0.136 e. The second kappa shape index (κ2) is 9.19. The molecule has 33 heavy (non-hydrogen) atoms. The largest absolute Gasteiger partial charge is 0.390 e. The molecule has 190 valence electrons. The number of Topliss-reactive ketones (excluding diaryl/α,β-unsaturated/α-hetero) is 1. The number of ketones is 1. The summed E-state index contributed by atoms with van der Waals surface area (Å²) in [4.78, 5) is 13.3. The zero-order valence-corrected chi connectivity index (χ0v) is 21.9. The highest BCUT2D eigenvalue weighted by atomic mass is 19.1. The van der Waals surface area contributed by atoms with E-state index >= 15 is 0 Å². The van der Waals surface area contributed by atoms with Crippen LogP contribution in [0, 0.1) is 58.2 Å². The smallest absolute Gasteiger partial charge is 0.136 e. The van der Waals surface area contributed by atoms with Crippen molar-refractivity contribution in [2.75, 3.05) is 0 Å². The molecular weight excluding hydrogens is 415 g/mol. The maximum atomic E-state index is 14.2. The number of fused-ring (bicyclic) bond motifs is 5. The number of aliphatic hydroxyl groups is 2. The zero-order chi connectivity index (χ0) is 24.3. The summed E-state index contributed by atoms with van der Waals surface area (Å²) in [6.45, 7) is 13.2. The predicted octanol–water partition coefficient (Wildman–Crippen LogP) is 6.20. The third-order valence-corrected chi connectivity index (χ3v) is 11.8. The molecule has 0 bridgehead atoms. The molecule has 2 N–H and O–H groups in total. The van der Waals surface area contributed by atoms with E-state index in [0.29, 0.717) is 54.6 Å². The highest BCUT2D eigenvalue weighted by Crippen LogP contribution is 2.68. The third kappa shape index (κ3) is 4.03. The summed E-state index contributed by atoms with van der Waals surface area (Å²) < 4.78 is 14.2. The van der Waals surface area contributed by atoms with E-state index in [4.69, 9.17) is 0 Å². The quantitative estimate of drug-likeness (QED) is 0.492. The molecule has 12 atom stereocenters. The van der Waals surface area contributed by atoms with Crippen molar-refractivity contribution >= 4 is 5.78 Å². The summed E-state index contributed by atoms with van der Waals surface area (Å²) in [5, 5.41) is 22.3. The third-order valence-electron chi connectivity index (χ3n) is 11.8. The Labute approximate surface area is 201 Å². The van der Waals surface area contributed by atoms with Crippen LogP contribution in [0.25, 0.3) is 0 Å². The van der Waals surface area contributed by atoms with Gasteiger partial charge in [0.2, 0.25) is 0 Å². The summed E-state index contributed by atoms with van der Waals surface area (Å²) >= 11 is 0. The first-order valence-corrected chi connectivity index (χ1v) is 14.0. The van der Waals surface area contributed by atoms with E-state index in [1.807, 2.05) is 0 Å². The normalized spacial score (nSPS) is 46.8. The Morgan fingerprint density at radius 3 is 2.24 bits per heavy atom. The van der Waals surface area contributed by atoms with Crippen LogP contribution in [0.5, 0.6) is 0 Å². The number of hydrogen-bond acceptors (Lipinski definition) is 3. The number of hydrogen-bond donors (Lipinski definition) is 2. The van der Waals surface area contributed by atoms with Crippen LogP contribution in [-0.4, -0.2) is 34.4 Å². The number of rotatable bonds is 6. The monoisotopic (exact) mass is 464 g/mol. The molecule has 4 saturated carbocycles. The second-order valence-corrected chi connectivity index (χ2v) is 13.4. The van der Waals surface area contributed by atoms with Gasteiger partial charge in [0.1, 0.15) is 12.0 Å². The molecule has 0 aromatic heterocycles. The van der Waals surface area contributed by atoms with Crippen LogP contribution in [0.3, 0.4) is 0 Å². The van der Waals surface area contributed by atoms with Crippen molar-refractivity contribution in [3.63, 3.8) is 0 Å². The highest BCUT2D eigenvalue weighted by Gasteiger charge is 2.63. The summed E-state index contributed by atoms with van der Waals surface area (Å²) in [6.07, 6.45) is 5.68. The van der Waals surface area contributed by atoms with Gasteiger partial charge in [0.25, 0.3) is 0 Å². The number of carbonyl (C=O) groups excluding carboxylic acids is 1. The first-order valence-electron chi connectivity index (χ1n) is 14.0. The maximum absolute atomic E-state index is 14.2. The van der Waals surface area contributed by atoms with Gasteiger partial charge < -0.3 is 10.2 Å². The molecule has 0 radical (unpaired) electrons. The van der Waals surface area contributed by atoms with Crippen molar-refractivity contribution < 1.29 is 19.4 Å². The van der Waals surface area contributed by atoms with Gasteiger partial charge in [0.15, 0.2) is 0 Å². The van der Waals surface area contributed by atoms with Crippen molar-refractivity contribution in [2.24, 2.45) is 58.2 Å². The van der Waals surface area contributed by atoms with Crippen molar-refractivity contribution in [1.29, 1.82) is 0 Å². The molecule has 3 nitrogen and oxygen atoms in total. The molecule has 4 aliphatic carbocycles. The van der Waals surface area contributed by atoms with Gasteiger partial charge in [-0.25, -0.2) is 4.39 Å². The fraction of sp³-hybridized carbons (Fsp3) is 0.966. The molecule has 0 aromatic carbocycles. The van der Waals surface area contributed by atoms with E-state index in [0.717, 1.165) is 38.5 Å². The lowest BCUT2D eigenvalue weighted by atomic mass is 9.44. The topological polar surface area (TPSA) is 57.5 Å². The van der Waals surface area contributed by atoms with Crippen LogP contribution in [0.2, 0.25) is 0 Å². The Kier molecular flexibility index (Phi) is 7.13. The van der Waals surface area contributed by atoms with Crippen molar-refractivity contribution in [3.05, 3.63) is 0 Å². The van der Waals surface area contributed by atoms with E-state index in [-0.39, 0.29) is 28.6 Å². The number of aliphatic hydroxyl groups excluding tert-OH is 2. The van der Waals surface area contributed by atoms with Gasteiger partial charge in [0, 0.05) is 12.3 Å². The summed E-state index contributed by atoms with van der Waals surface area (Å²) in [6, 6.07) is 0. The minimum absolute atomic E-state index is 0.0328. The summed E-state index contributed by atoms with van der Waals surface area (Å²) in [7, 11) is 0. The molecule has 0 heterocycles. The number of halogens is 1. The predicted molar refractivity (Wildman–Crippen MR) is 130 cm³/mol. The van der Waals surface area contributed by atoms with E-state index in [1.165, 1.54) is 0 Å². The van der Waals surface area contributed by atoms with Crippen molar-refractivity contribution in [3.8, 4) is 0 Å². The Morgan fingerprint density at radius 2 is 1.61 bits per heavy atom. The second-order valence-electron chi connectivity index (χ2n) is 13.4. The van der Waals surface area contributed by atoms with Gasteiger partial charge in [-0.2, -0.15) is 0 Å². The highest BCUT2D eigenvalue weighted by molar-refractivity contribution is 5.83. The summed E-state index contributed by atoms with van der Waals surface area (Å²) in [5.41, 5.74) is 0.0799. The van der Waals surface area contributed by atoms with Gasteiger partial charge in [-0.3, -0.25) is 4.79 Å². The Balaban J connectivity index is 1.54. The minimum atomic E-state index is -0.806. The number of alkyl halides is 1. The van der Waals surface area contributed by atoms with Crippen LogP contribution in [0.4, 0.5) is 4.39 Å². The average molecular weight is 465 g/mol. The molecule has 4 heteroatoms. The Morgan fingerprint density at radius 1 is 0.970 bits per heavy atom. The molecule has 4 aliphatic rings. The number of carbonyl (C=O) groups is 1. The van der Waals surface area contributed by atoms with E-state index in [9.17, 15) is 19.4 Å². The fourth-order valence-electron chi connectivity index (χ4n) is 9.81. The Hall–Kier alpha value is -0.480. The molecule has 4 rings (SSSR count). The molecular formula is C29H49FO3. The van der Waals surface area contributed by atoms with Crippen LogP contribution >= 0.6 is 0 Å². The zero-order valence-electron chi connectivity index (χ0n) is 21.9. The van der Waals surface area contributed by atoms with Crippen LogP contribution in [0.15, 0.2) is 0 Å². The van der Waals surface area contributed by atoms with E-state index in [2.05, 4.69) is 41.5 Å². The average Bonchev–Trinajstić information content (AvgIpc) is 3.11. The lowest BCUT2D eigenvalue weighted by Crippen LogP contribution is -2.57. The fourth-order valence-corrected chi connectivity index (χ4v) is 9.81. The van der Waals surface area contributed by atoms with E-state index in [1.54, 1.807) is 0 Å². The summed E-state index contributed by atoms with van der Waals surface area (Å²) in [5.74, 6) is 2.56. The molecule has 3 unspecified atom stereocenters. The lowest BCUT2D eigenvalue weighted by Gasteiger charge is -2.60. The van der Waals surface area contributed by atoms with Gasteiger partial charge in [-0.1, -0.05) is 48.0 Å². The van der Waals surface area contributed by atoms with Gasteiger partial charge in [-0.15, -0.1) is 0 Å². The lowest BCUT2D eigenvalue weighted by molar-refractivity contribution is -0.159.